The quantitative estimate of drug-likeness (QED) is 0.738. The molecule has 0 aliphatic heterocycles. The minimum absolute atomic E-state index is 0.111. The molecule has 0 unspecified atom stereocenters. The highest BCUT2D eigenvalue weighted by Crippen LogP contribution is 2.21. The van der Waals surface area contributed by atoms with E-state index in [2.05, 4.69) is 25.8 Å². The van der Waals surface area contributed by atoms with E-state index in [-0.39, 0.29) is 5.91 Å². The number of amides is 1. The van der Waals surface area contributed by atoms with Crippen molar-refractivity contribution in [3.8, 4) is 5.69 Å². The zero-order chi connectivity index (χ0) is 16.1. The van der Waals surface area contributed by atoms with Gasteiger partial charge in [0, 0.05) is 18.1 Å². The van der Waals surface area contributed by atoms with Crippen LogP contribution in [0.2, 0.25) is 0 Å². The Morgan fingerprint density at radius 2 is 2.13 bits per heavy atom. The van der Waals surface area contributed by atoms with E-state index >= 15 is 0 Å². The zero-order valence-corrected chi connectivity index (χ0v) is 14.0. The van der Waals surface area contributed by atoms with Gasteiger partial charge in [0.15, 0.2) is 11.0 Å². The molecule has 1 aromatic carbocycles. The van der Waals surface area contributed by atoms with E-state index in [9.17, 15) is 4.79 Å². The number of hydrogen-bond donors (Lipinski definition) is 1. The topological polar surface area (TPSA) is 85.6 Å². The lowest BCUT2D eigenvalue weighted by atomic mass is 10.3. The molecular formula is C14H14N6OS2. The van der Waals surface area contributed by atoms with E-state index in [1.165, 1.54) is 18.3 Å². The summed E-state index contributed by atoms with van der Waals surface area (Å²) in [6.45, 7) is 1.47. The van der Waals surface area contributed by atoms with E-state index in [0.717, 1.165) is 23.0 Å². The predicted molar refractivity (Wildman–Crippen MR) is 90.6 cm³/mol. The molecule has 3 aromatic rings. The highest BCUT2D eigenvalue weighted by molar-refractivity contribution is 7.97. The number of nitrogens with one attached hydrogen (secondary N) is 1. The molecule has 9 heteroatoms. The summed E-state index contributed by atoms with van der Waals surface area (Å²) in [5, 5.41) is 17.1. The van der Waals surface area contributed by atoms with Gasteiger partial charge in [-0.1, -0.05) is 18.2 Å². The van der Waals surface area contributed by atoms with E-state index in [1.807, 2.05) is 35.7 Å². The van der Waals surface area contributed by atoms with Crippen LogP contribution in [0.1, 0.15) is 18.4 Å². The summed E-state index contributed by atoms with van der Waals surface area (Å²) < 4.78 is 1.73. The molecule has 0 saturated heterocycles. The maximum atomic E-state index is 11.0. The van der Waals surface area contributed by atoms with Gasteiger partial charge in [0.1, 0.15) is 0 Å². The second kappa shape index (κ2) is 7.34. The number of aromatic nitrogens is 5. The largest absolute Gasteiger partial charge is 0.302 e. The Hall–Kier alpha value is -2.26. The van der Waals surface area contributed by atoms with Crippen LogP contribution in [0.5, 0.6) is 0 Å². The Morgan fingerprint density at radius 3 is 2.91 bits per heavy atom. The van der Waals surface area contributed by atoms with Gasteiger partial charge in [-0.3, -0.25) is 4.79 Å². The molecule has 1 N–H and O–H groups in total. The lowest BCUT2D eigenvalue weighted by Gasteiger charge is -2.03. The van der Waals surface area contributed by atoms with Gasteiger partial charge in [0.25, 0.3) is 0 Å². The average molecular weight is 346 g/mol. The molecule has 1 amide bonds. The fourth-order valence-electron chi connectivity index (χ4n) is 1.89. The molecule has 23 heavy (non-hydrogen) atoms. The Labute approximate surface area is 141 Å². The lowest BCUT2D eigenvalue weighted by molar-refractivity contribution is -0.114. The standard InChI is InChI=1S/C14H14N6OS2/c1-10(21)15-14-16-11(8-23-14)7-22-9-13-17-18-19-20(13)12-5-3-2-4-6-12/h2-6,8H,7,9H2,1H3,(H,15,16,21). The van der Waals surface area contributed by atoms with Gasteiger partial charge in [-0.05, 0) is 22.6 Å². The Balaban J connectivity index is 1.58. The van der Waals surface area contributed by atoms with Crippen LogP contribution in [0.25, 0.3) is 5.69 Å². The maximum Gasteiger partial charge on any atom is 0.223 e. The summed E-state index contributed by atoms with van der Waals surface area (Å²) in [7, 11) is 0. The first kappa shape index (κ1) is 15.6. The van der Waals surface area contributed by atoms with Crippen molar-refractivity contribution in [2.75, 3.05) is 5.32 Å². The Kier molecular flexibility index (Phi) is 4.99. The number of para-hydroxylation sites is 1. The molecule has 0 atom stereocenters. The van der Waals surface area contributed by atoms with Gasteiger partial charge in [-0.2, -0.15) is 4.68 Å². The SMILES string of the molecule is CC(=O)Nc1nc(CSCc2nnnn2-c2ccccc2)cs1. The number of carbonyl (C=O) groups is 1. The molecule has 0 radical (unpaired) electrons. The summed E-state index contributed by atoms with van der Waals surface area (Å²) in [5.41, 5.74) is 1.87. The molecule has 7 nitrogen and oxygen atoms in total. The Bertz CT molecular complexity index is 785. The van der Waals surface area contributed by atoms with Crippen molar-refractivity contribution in [1.29, 1.82) is 0 Å². The highest BCUT2D eigenvalue weighted by Gasteiger charge is 2.09. The van der Waals surface area contributed by atoms with E-state index in [1.54, 1.807) is 16.4 Å². The smallest absolute Gasteiger partial charge is 0.223 e. The predicted octanol–water partition coefficient (Wildman–Crippen LogP) is 2.51. The minimum atomic E-state index is -0.111. The average Bonchev–Trinajstić information content (AvgIpc) is 3.17. The number of thiazole rings is 1. The van der Waals surface area contributed by atoms with Crippen LogP contribution in [-0.2, 0) is 16.3 Å². The molecule has 118 valence electrons. The molecular weight excluding hydrogens is 332 g/mol. The number of tetrazole rings is 1. The van der Waals surface area contributed by atoms with Crippen molar-refractivity contribution < 1.29 is 4.79 Å². The summed E-state index contributed by atoms with van der Waals surface area (Å²) in [6.07, 6.45) is 0. The van der Waals surface area contributed by atoms with Crippen LogP contribution in [-0.4, -0.2) is 31.1 Å². The summed E-state index contributed by atoms with van der Waals surface area (Å²) in [5.74, 6) is 2.09. The van der Waals surface area contributed by atoms with Gasteiger partial charge < -0.3 is 5.32 Å². The third-order valence-electron chi connectivity index (χ3n) is 2.85. The normalized spacial score (nSPS) is 10.7. The highest BCUT2D eigenvalue weighted by atomic mass is 32.2. The molecule has 0 aliphatic carbocycles. The molecule has 0 aliphatic rings. The second-order valence-electron chi connectivity index (χ2n) is 4.66. The van der Waals surface area contributed by atoms with Crippen molar-refractivity contribution in [2.24, 2.45) is 0 Å². The van der Waals surface area contributed by atoms with Gasteiger partial charge in [-0.25, -0.2) is 4.98 Å². The third-order valence-corrected chi connectivity index (χ3v) is 4.62. The molecule has 0 bridgehead atoms. The number of nitrogens with zero attached hydrogens (tertiary/aromatic N) is 5. The minimum Gasteiger partial charge on any atom is -0.302 e. The third kappa shape index (κ3) is 4.14. The fourth-order valence-corrected chi connectivity index (χ4v) is 3.58. The van der Waals surface area contributed by atoms with Gasteiger partial charge in [0.05, 0.1) is 17.1 Å². The first-order chi connectivity index (χ1) is 11.2. The van der Waals surface area contributed by atoms with Gasteiger partial charge >= 0.3 is 0 Å². The molecule has 3 rings (SSSR count). The second-order valence-corrected chi connectivity index (χ2v) is 6.50. The fraction of sp³-hybridized carbons (Fsp3) is 0.214. The van der Waals surface area contributed by atoms with E-state index in [4.69, 9.17) is 0 Å². The monoisotopic (exact) mass is 346 g/mol. The molecule has 0 saturated carbocycles. The molecule has 0 spiro atoms. The van der Waals surface area contributed by atoms with E-state index in [0.29, 0.717) is 10.9 Å². The van der Waals surface area contributed by atoms with Crippen LogP contribution in [0.15, 0.2) is 35.7 Å². The summed E-state index contributed by atoms with van der Waals surface area (Å²) >= 11 is 3.10. The van der Waals surface area contributed by atoms with Gasteiger partial charge in [0.2, 0.25) is 5.91 Å². The lowest BCUT2D eigenvalue weighted by Crippen LogP contribution is -2.05. The number of rotatable bonds is 6. The number of carbonyl (C=O) groups excluding carboxylic acids is 1. The first-order valence-electron chi connectivity index (χ1n) is 6.85. The number of benzene rings is 1. The Morgan fingerprint density at radius 1 is 1.30 bits per heavy atom. The van der Waals surface area contributed by atoms with Crippen molar-refractivity contribution in [3.63, 3.8) is 0 Å². The number of anilines is 1. The van der Waals surface area contributed by atoms with Crippen LogP contribution < -0.4 is 5.32 Å². The number of hydrogen-bond acceptors (Lipinski definition) is 7. The van der Waals surface area contributed by atoms with Crippen molar-refractivity contribution >= 4 is 34.1 Å². The molecule has 0 fully saturated rings. The summed E-state index contributed by atoms with van der Waals surface area (Å²) in [4.78, 5) is 15.3. The van der Waals surface area contributed by atoms with Crippen molar-refractivity contribution in [2.45, 2.75) is 18.4 Å². The van der Waals surface area contributed by atoms with Crippen LogP contribution in [0.4, 0.5) is 5.13 Å². The van der Waals surface area contributed by atoms with Crippen LogP contribution in [0, 0.1) is 0 Å². The van der Waals surface area contributed by atoms with Crippen LogP contribution in [0.3, 0.4) is 0 Å². The van der Waals surface area contributed by atoms with E-state index < -0.39 is 0 Å². The first-order valence-corrected chi connectivity index (χ1v) is 8.88. The zero-order valence-electron chi connectivity index (χ0n) is 12.3. The van der Waals surface area contributed by atoms with Gasteiger partial charge in [-0.15, -0.1) is 28.2 Å². The summed E-state index contributed by atoms with van der Waals surface area (Å²) in [6, 6.07) is 9.78. The van der Waals surface area contributed by atoms with Crippen LogP contribution >= 0.6 is 23.1 Å². The molecule has 2 aromatic heterocycles. The van der Waals surface area contributed by atoms with Crippen molar-refractivity contribution in [1.82, 2.24) is 25.2 Å². The number of thioether (sulfide) groups is 1. The molecule has 2 heterocycles. The maximum absolute atomic E-state index is 11.0. The van der Waals surface area contributed by atoms with Crippen molar-refractivity contribution in [3.05, 3.63) is 47.2 Å².